The molecule has 1 N–H and O–H groups in total. The number of carbonyl (C=O) groups excluding carboxylic acids is 1. The maximum atomic E-state index is 12.5. The Kier molecular flexibility index (Phi) is 5.51. The second kappa shape index (κ2) is 8.05. The van der Waals surface area contributed by atoms with E-state index in [0.717, 1.165) is 43.9 Å². The van der Waals surface area contributed by atoms with E-state index in [2.05, 4.69) is 46.5 Å². The van der Waals surface area contributed by atoms with Gasteiger partial charge in [0.05, 0.1) is 18.4 Å². The zero-order chi connectivity index (χ0) is 19.7. The highest BCUT2D eigenvalue weighted by atomic mass is 16.5. The molecule has 2 aliphatic rings. The SMILES string of the molecule is Cc1nn(C)c(C)c1CCC(=O)N[C@H]1C[C@H]2CO[C@@H](c3ccccc3)CN2C1. The summed E-state index contributed by atoms with van der Waals surface area (Å²) in [5.41, 5.74) is 4.60. The molecule has 6 heteroatoms. The van der Waals surface area contributed by atoms with Crippen LogP contribution in [0.25, 0.3) is 0 Å². The van der Waals surface area contributed by atoms with Gasteiger partial charge in [0.25, 0.3) is 0 Å². The van der Waals surface area contributed by atoms with Crippen LogP contribution in [0.5, 0.6) is 0 Å². The van der Waals surface area contributed by atoms with Gasteiger partial charge in [0.15, 0.2) is 0 Å². The Morgan fingerprint density at radius 1 is 1.25 bits per heavy atom. The van der Waals surface area contributed by atoms with Gasteiger partial charge in [-0.1, -0.05) is 30.3 Å². The van der Waals surface area contributed by atoms with Crippen LogP contribution in [0.4, 0.5) is 0 Å². The van der Waals surface area contributed by atoms with Crippen molar-refractivity contribution < 1.29 is 9.53 Å². The van der Waals surface area contributed by atoms with Crippen LogP contribution in [0.15, 0.2) is 30.3 Å². The Bertz CT molecular complexity index is 833. The van der Waals surface area contributed by atoms with Gasteiger partial charge in [0.2, 0.25) is 5.91 Å². The summed E-state index contributed by atoms with van der Waals surface area (Å²) in [6.45, 7) is 6.62. The number of nitrogens with one attached hydrogen (secondary N) is 1. The van der Waals surface area contributed by atoms with E-state index in [0.29, 0.717) is 12.5 Å². The van der Waals surface area contributed by atoms with Crippen LogP contribution >= 0.6 is 0 Å². The predicted octanol–water partition coefficient (Wildman–Crippen LogP) is 2.30. The standard InChI is InChI=1S/C22H30N4O2/c1-15-20(16(2)25(3)24-15)9-10-22(27)23-18-11-19-14-28-21(13-26(19)12-18)17-7-5-4-6-8-17/h4-8,18-19,21H,9-14H2,1-3H3,(H,23,27)/t18-,19-,21+/m0/s1. The summed E-state index contributed by atoms with van der Waals surface area (Å²) in [6.07, 6.45) is 2.36. The molecule has 2 aliphatic heterocycles. The minimum Gasteiger partial charge on any atom is -0.371 e. The molecule has 6 nitrogen and oxygen atoms in total. The number of aromatic nitrogens is 2. The average Bonchev–Trinajstić information content (AvgIpc) is 3.19. The van der Waals surface area contributed by atoms with Gasteiger partial charge in [-0.2, -0.15) is 5.10 Å². The van der Waals surface area contributed by atoms with Crippen LogP contribution in [-0.2, 0) is 23.0 Å². The third-order valence-corrected chi connectivity index (χ3v) is 6.22. The molecule has 0 saturated carbocycles. The second-order valence-corrected chi connectivity index (χ2v) is 8.11. The number of morpholine rings is 1. The predicted molar refractivity (Wildman–Crippen MR) is 108 cm³/mol. The van der Waals surface area contributed by atoms with Crippen LogP contribution in [0.1, 0.15) is 41.5 Å². The fraction of sp³-hybridized carbons (Fsp3) is 0.545. The molecule has 28 heavy (non-hydrogen) atoms. The zero-order valence-corrected chi connectivity index (χ0v) is 17.0. The smallest absolute Gasteiger partial charge is 0.220 e. The van der Waals surface area contributed by atoms with Crippen molar-refractivity contribution in [1.82, 2.24) is 20.0 Å². The van der Waals surface area contributed by atoms with Crippen LogP contribution in [0, 0.1) is 13.8 Å². The van der Waals surface area contributed by atoms with E-state index in [1.807, 2.05) is 24.7 Å². The number of aryl methyl sites for hydroxylation is 2. The van der Waals surface area contributed by atoms with Crippen LogP contribution in [0.3, 0.4) is 0 Å². The Morgan fingerprint density at radius 3 is 2.75 bits per heavy atom. The van der Waals surface area contributed by atoms with Crippen molar-refractivity contribution in [2.75, 3.05) is 19.7 Å². The number of fused-ring (bicyclic) bond motifs is 1. The second-order valence-electron chi connectivity index (χ2n) is 8.11. The van der Waals surface area contributed by atoms with Crippen molar-refractivity contribution in [1.29, 1.82) is 0 Å². The summed E-state index contributed by atoms with van der Waals surface area (Å²) in [5, 5.41) is 7.68. The summed E-state index contributed by atoms with van der Waals surface area (Å²) in [4.78, 5) is 15.0. The normalized spacial score (nSPS) is 24.9. The summed E-state index contributed by atoms with van der Waals surface area (Å²) >= 11 is 0. The van der Waals surface area contributed by atoms with Crippen LogP contribution < -0.4 is 5.32 Å². The molecule has 0 aliphatic carbocycles. The first-order valence-electron chi connectivity index (χ1n) is 10.2. The van der Waals surface area contributed by atoms with E-state index in [9.17, 15) is 4.79 Å². The maximum absolute atomic E-state index is 12.5. The molecule has 0 bridgehead atoms. The van der Waals surface area contributed by atoms with Crippen molar-refractivity contribution in [2.45, 2.75) is 51.3 Å². The molecule has 4 rings (SSSR count). The van der Waals surface area contributed by atoms with Gasteiger partial charge in [-0.05, 0) is 37.8 Å². The number of hydrogen-bond acceptors (Lipinski definition) is 4. The van der Waals surface area contributed by atoms with Crippen molar-refractivity contribution in [3.8, 4) is 0 Å². The highest BCUT2D eigenvalue weighted by Gasteiger charge is 2.38. The molecule has 1 amide bonds. The van der Waals surface area contributed by atoms with Gasteiger partial charge in [0.1, 0.15) is 0 Å². The number of nitrogens with zero attached hydrogens (tertiary/aromatic N) is 3. The van der Waals surface area contributed by atoms with E-state index in [1.165, 1.54) is 11.1 Å². The minimum atomic E-state index is 0.128. The average molecular weight is 383 g/mol. The molecule has 2 aromatic rings. The molecular weight excluding hydrogens is 352 g/mol. The van der Waals surface area contributed by atoms with Gasteiger partial charge in [0, 0.05) is 44.3 Å². The summed E-state index contributed by atoms with van der Waals surface area (Å²) in [7, 11) is 1.95. The molecular formula is C22H30N4O2. The lowest BCUT2D eigenvalue weighted by atomic mass is 10.1. The van der Waals surface area contributed by atoms with E-state index < -0.39 is 0 Å². The molecule has 1 aromatic carbocycles. The first kappa shape index (κ1) is 19.2. The zero-order valence-electron chi connectivity index (χ0n) is 17.0. The first-order valence-corrected chi connectivity index (χ1v) is 10.2. The highest BCUT2D eigenvalue weighted by Crippen LogP contribution is 2.30. The molecule has 150 valence electrons. The summed E-state index contributed by atoms with van der Waals surface area (Å²) in [6, 6.07) is 11.0. The molecule has 1 aromatic heterocycles. The molecule has 0 unspecified atom stereocenters. The largest absolute Gasteiger partial charge is 0.371 e. The quantitative estimate of drug-likeness (QED) is 0.862. The molecule has 3 atom stereocenters. The lowest BCUT2D eigenvalue weighted by Crippen LogP contribution is -2.43. The molecule has 0 radical (unpaired) electrons. The number of amides is 1. The van der Waals surface area contributed by atoms with Gasteiger partial charge >= 0.3 is 0 Å². The van der Waals surface area contributed by atoms with Crippen LogP contribution in [-0.4, -0.2) is 52.4 Å². The van der Waals surface area contributed by atoms with Crippen molar-refractivity contribution in [2.24, 2.45) is 7.05 Å². The molecule has 2 fully saturated rings. The van der Waals surface area contributed by atoms with Crippen molar-refractivity contribution in [3.63, 3.8) is 0 Å². The number of rotatable bonds is 5. The Balaban J connectivity index is 1.28. The fourth-order valence-electron chi connectivity index (χ4n) is 4.57. The molecule has 2 saturated heterocycles. The maximum Gasteiger partial charge on any atom is 0.220 e. The van der Waals surface area contributed by atoms with Crippen molar-refractivity contribution in [3.05, 3.63) is 52.8 Å². The van der Waals surface area contributed by atoms with Gasteiger partial charge in [-0.3, -0.25) is 14.4 Å². The lowest BCUT2D eigenvalue weighted by molar-refractivity contribution is -0.121. The van der Waals surface area contributed by atoms with Gasteiger partial charge < -0.3 is 10.1 Å². The summed E-state index contributed by atoms with van der Waals surface area (Å²) < 4.78 is 7.99. The monoisotopic (exact) mass is 382 g/mol. The summed E-state index contributed by atoms with van der Waals surface area (Å²) in [5.74, 6) is 0.132. The fourth-order valence-corrected chi connectivity index (χ4v) is 4.57. The number of benzene rings is 1. The first-order chi connectivity index (χ1) is 13.5. The Hall–Kier alpha value is -2.18. The number of hydrogen-bond donors (Lipinski definition) is 1. The lowest BCUT2D eigenvalue weighted by Gasteiger charge is -2.35. The minimum absolute atomic E-state index is 0.128. The van der Waals surface area contributed by atoms with Crippen molar-refractivity contribution >= 4 is 5.91 Å². The van der Waals surface area contributed by atoms with Crippen LogP contribution in [0.2, 0.25) is 0 Å². The Morgan fingerprint density at radius 2 is 2.04 bits per heavy atom. The third-order valence-electron chi connectivity index (χ3n) is 6.22. The Labute approximate surface area is 166 Å². The van der Waals surface area contributed by atoms with E-state index in [-0.39, 0.29) is 18.1 Å². The third kappa shape index (κ3) is 3.98. The molecule has 0 spiro atoms. The van der Waals surface area contributed by atoms with Gasteiger partial charge in [-0.25, -0.2) is 0 Å². The number of ether oxygens (including phenoxy) is 1. The van der Waals surface area contributed by atoms with Gasteiger partial charge in [-0.15, -0.1) is 0 Å². The molecule has 3 heterocycles. The van der Waals surface area contributed by atoms with E-state index in [4.69, 9.17) is 4.74 Å². The van der Waals surface area contributed by atoms with E-state index in [1.54, 1.807) is 0 Å². The van der Waals surface area contributed by atoms with E-state index >= 15 is 0 Å². The topological polar surface area (TPSA) is 59.4 Å². The highest BCUT2D eigenvalue weighted by molar-refractivity contribution is 5.76. The number of carbonyl (C=O) groups is 1.